The minimum Gasteiger partial charge on any atom is -0.454 e. The summed E-state index contributed by atoms with van der Waals surface area (Å²) < 4.78 is 10.3. The highest BCUT2D eigenvalue weighted by atomic mass is 35.5. The minimum atomic E-state index is -0.565. The Kier molecular flexibility index (Phi) is 4.30. The predicted octanol–water partition coefficient (Wildman–Crippen LogP) is 2.74. The first-order chi connectivity index (χ1) is 11.5. The minimum absolute atomic E-state index is 0.000383. The SMILES string of the molecule is O=C(NN=Cc1cc2c(cc1[N+](=O)[O-])OCO2)c1ccc(Cl)cc1. The van der Waals surface area contributed by atoms with E-state index >= 15 is 0 Å². The summed E-state index contributed by atoms with van der Waals surface area (Å²) in [6.45, 7) is 0.000383. The van der Waals surface area contributed by atoms with Gasteiger partial charge in [0.15, 0.2) is 11.5 Å². The van der Waals surface area contributed by atoms with E-state index in [4.69, 9.17) is 21.1 Å². The quantitative estimate of drug-likeness (QED) is 0.520. The molecule has 2 aromatic rings. The molecule has 9 heteroatoms. The number of carbonyl (C=O) groups is 1. The van der Waals surface area contributed by atoms with Gasteiger partial charge in [-0.1, -0.05) is 11.6 Å². The summed E-state index contributed by atoms with van der Waals surface area (Å²) in [5.41, 5.74) is 2.63. The summed E-state index contributed by atoms with van der Waals surface area (Å²) in [5.74, 6) is 0.210. The van der Waals surface area contributed by atoms with E-state index in [1.54, 1.807) is 12.1 Å². The van der Waals surface area contributed by atoms with Crippen LogP contribution in [-0.2, 0) is 0 Å². The number of rotatable bonds is 4. The van der Waals surface area contributed by atoms with E-state index in [1.807, 2.05) is 0 Å². The summed E-state index contributed by atoms with van der Waals surface area (Å²) in [5, 5.41) is 15.4. The van der Waals surface area contributed by atoms with Gasteiger partial charge in [0.1, 0.15) is 0 Å². The van der Waals surface area contributed by atoms with Crippen LogP contribution in [0.4, 0.5) is 5.69 Å². The molecule has 0 aliphatic carbocycles. The molecule has 0 bridgehead atoms. The number of nitro benzene ring substituents is 1. The molecule has 0 atom stereocenters. The van der Waals surface area contributed by atoms with Gasteiger partial charge in [-0.15, -0.1) is 0 Å². The number of benzene rings is 2. The molecule has 0 aromatic heterocycles. The number of carbonyl (C=O) groups excluding carboxylic acids is 1. The summed E-state index contributed by atoms with van der Waals surface area (Å²) in [6.07, 6.45) is 1.17. The highest BCUT2D eigenvalue weighted by Gasteiger charge is 2.22. The summed E-state index contributed by atoms with van der Waals surface area (Å²) in [4.78, 5) is 22.5. The maximum absolute atomic E-state index is 11.9. The van der Waals surface area contributed by atoms with Gasteiger partial charge in [-0.2, -0.15) is 5.10 Å². The topological polar surface area (TPSA) is 103 Å². The molecule has 1 aliphatic rings. The van der Waals surface area contributed by atoms with Crippen molar-refractivity contribution in [3.05, 3.63) is 62.7 Å². The molecule has 0 unspecified atom stereocenters. The predicted molar refractivity (Wildman–Crippen MR) is 85.7 cm³/mol. The third-order valence-corrected chi connectivity index (χ3v) is 3.45. The van der Waals surface area contributed by atoms with Gasteiger partial charge in [0.05, 0.1) is 22.8 Å². The lowest BCUT2D eigenvalue weighted by Crippen LogP contribution is -2.17. The van der Waals surface area contributed by atoms with E-state index in [0.717, 1.165) is 0 Å². The van der Waals surface area contributed by atoms with E-state index in [0.29, 0.717) is 22.1 Å². The molecule has 8 nitrogen and oxygen atoms in total. The van der Waals surface area contributed by atoms with Crippen LogP contribution in [0.1, 0.15) is 15.9 Å². The van der Waals surface area contributed by atoms with Crippen molar-refractivity contribution >= 4 is 29.4 Å². The van der Waals surface area contributed by atoms with Crippen LogP contribution in [0.2, 0.25) is 5.02 Å². The first kappa shape index (κ1) is 15.8. The number of nitro groups is 1. The number of hydrogen-bond acceptors (Lipinski definition) is 6. The number of hydrazone groups is 1. The zero-order chi connectivity index (χ0) is 17.1. The normalized spacial score (nSPS) is 12.4. The fourth-order valence-corrected chi connectivity index (χ4v) is 2.16. The van der Waals surface area contributed by atoms with E-state index in [1.165, 1.54) is 30.5 Å². The maximum atomic E-state index is 11.9. The molecule has 1 heterocycles. The largest absolute Gasteiger partial charge is 0.454 e. The Morgan fingerprint density at radius 1 is 1.25 bits per heavy atom. The Balaban J connectivity index is 1.78. The second-order valence-electron chi connectivity index (χ2n) is 4.73. The van der Waals surface area contributed by atoms with Gasteiger partial charge in [0, 0.05) is 10.6 Å². The van der Waals surface area contributed by atoms with Crippen molar-refractivity contribution in [2.75, 3.05) is 6.79 Å². The lowest BCUT2D eigenvalue weighted by atomic mass is 10.1. The molecule has 0 saturated heterocycles. The van der Waals surface area contributed by atoms with Crippen molar-refractivity contribution in [2.45, 2.75) is 0 Å². The zero-order valence-corrected chi connectivity index (χ0v) is 12.8. The second-order valence-corrected chi connectivity index (χ2v) is 5.16. The van der Waals surface area contributed by atoms with Crippen LogP contribution < -0.4 is 14.9 Å². The third-order valence-electron chi connectivity index (χ3n) is 3.19. The van der Waals surface area contributed by atoms with Crippen molar-refractivity contribution in [1.82, 2.24) is 5.43 Å². The Morgan fingerprint density at radius 3 is 2.58 bits per heavy atom. The first-order valence-corrected chi connectivity index (χ1v) is 7.09. The van der Waals surface area contributed by atoms with Gasteiger partial charge >= 0.3 is 0 Å². The second kappa shape index (κ2) is 6.55. The first-order valence-electron chi connectivity index (χ1n) is 6.71. The van der Waals surface area contributed by atoms with Crippen molar-refractivity contribution in [3.8, 4) is 11.5 Å². The molecule has 0 spiro atoms. The number of nitrogens with one attached hydrogen (secondary N) is 1. The summed E-state index contributed by atoms with van der Waals surface area (Å²) in [7, 11) is 0. The average Bonchev–Trinajstić information content (AvgIpc) is 3.01. The van der Waals surface area contributed by atoms with E-state index in [2.05, 4.69) is 10.5 Å². The summed E-state index contributed by atoms with van der Waals surface area (Å²) >= 11 is 5.75. The van der Waals surface area contributed by atoms with Crippen molar-refractivity contribution in [2.24, 2.45) is 5.10 Å². The number of halogens is 1. The third kappa shape index (κ3) is 3.28. The standard InChI is InChI=1S/C15H10ClN3O5/c16-11-3-1-9(2-4-11)15(20)18-17-7-10-5-13-14(24-8-23-13)6-12(10)19(21)22/h1-7H,8H2,(H,18,20). The van der Waals surface area contributed by atoms with Crippen LogP contribution in [-0.4, -0.2) is 23.8 Å². The van der Waals surface area contributed by atoms with Crippen LogP contribution in [0.5, 0.6) is 11.5 Å². The number of ether oxygens (including phenoxy) is 2. The molecule has 3 rings (SSSR count). The number of nitrogens with zero attached hydrogens (tertiary/aromatic N) is 2. The average molecular weight is 348 g/mol. The molecule has 1 N–H and O–H groups in total. The fourth-order valence-electron chi connectivity index (χ4n) is 2.03. The number of amides is 1. The molecule has 24 heavy (non-hydrogen) atoms. The smallest absolute Gasteiger partial charge is 0.282 e. The summed E-state index contributed by atoms with van der Waals surface area (Å²) in [6, 6.07) is 8.90. The molecular weight excluding hydrogens is 338 g/mol. The molecule has 1 amide bonds. The van der Waals surface area contributed by atoms with Crippen LogP contribution in [0.3, 0.4) is 0 Å². The molecule has 2 aromatic carbocycles. The lowest BCUT2D eigenvalue weighted by Gasteiger charge is -2.02. The van der Waals surface area contributed by atoms with Crippen molar-refractivity contribution in [3.63, 3.8) is 0 Å². The van der Waals surface area contributed by atoms with Gasteiger partial charge in [-0.05, 0) is 30.3 Å². The Labute approximate surface area is 140 Å². The van der Waals surface area contributed by atoms with Gasteiger partial charge < -0.3 is 9.47 Å². The number of fused-ring (bicyclic) bond motifs is 1. The number of hydrogen-bond donors (Lipinski definition) is 1. The van der Waals surface area contributed by atoms with Crippen molar-refractivity contribution in [1.29, 1.82) is 0 Å². The molecule has 0 fully saturated rings. The molecule has 0 radical (unpaired) electrons. The van der Waals surface area contributed by atoms with E-state index in [-0.39, 0.29) is 18.0 Å². The Hall–Kier alpha value is -3.13. The van der Waals surface area contributed by atoms with Crippen LogP contribution >= 0.6 is 11.6 Å². The van der Waals surface area contributed by atoms with Crippen LogP contribution in [0.15, 0.2) is 41.5 Å². The highest BCUT2D eigenvalue weighted by molar-refractivity contribution is 6.30. The van der Waals surface area contributed by atoms with Crippen LogP contribution in [0.25, 0.3) is 0 Å². The Morgan fingerprint density at radius 2 is 1.92 bits per heavy atom. The van der Waals surface area contributed by atoms with Gasteiger partial charge in [-0.25, -0.2) is 5.43 Å². The monoisotopic (exact) mass is 347 g/mol. The highest BCUT2D eigenvalue weighted by Crippen LogP contribution is 2.37. The van der Waals surface area contributed by atoms with Crippen molar-refractivity contribution < 1.29 is 19.2 Å². The van der Waals surface area contributed by atoms with Gasteiger partial charge in [0.25, 0.3) is 11.6 Å². The van der Waals surface area contributed by atoms with Gasteiger partial charge in [-0.3, -0.25) is 14.9 Å². The molecule has 122 valence electrons. The molecule has 1 aliphatic heterocycles. The zero-order valence-electron chi connectivity index (χ0n) is 12.1. The van der Waals surface area contributed by atoms with E-state index in [9.17, 15) is 14.9 Å². The van der Waals surface area contributed by atoms with Crippen LogP contribution in [0, 0.1) is 10.1 Å². The lowest BCUT2D eigenvalue weighted by molar-refractivity contribution is -0.385. The Bertz CT molecular complexity index is 836. The fraction of sp³-hybridized carbons (Fsp3) is 0.0667. The molecule has 0 saturated carbocycles. The maximum Gasteiger partial charge on any atom is 0.282 e. The molecular formula is C15H10ClN3O5. The van der Waals surface area contributed by atoms with E-state index < -0.39 is 10.8 Å². The van der Waals surface area contributed by atoms with Gasteiger partial charge in [0.2, 0.25) is 6.79 Å².